The van der Waals surface area contributed by atoms with Gasteiger partial charge in [0.1, 0.15) is 5.65 Å². The van der Waals surface area contributed by atoms with Gasteiger partial charge in [-0.05, 0) is 68.3 Å². The summed E-state index contributed by atoms with van der Waals surface area (Å²) < 4.78 is 80.4. The van der Waals surface area contributed by atoms with Crippen molar-refractivity contribution < 1.29 is 35.9 Å². The van der Waals surface area contributed by atoms with Gasteiger partial charge in [-0.25, -0.2) is 4.98 Å². The molecule has 3 aromatic rings. The number of likely N-dealkylation sites (tertiary alicyclic amines) is 1. The minimum absolute atomic E-state index is 0. The van der Waals surface area contributed by atoms with Crippen LogP contribution in [0.3, 0.4) is 0 Å². The molecule has 1 saturated heterocycles. The summed E-state index contributed by atoms with van der Waals surface area (Å²) in [6, 6.07) is 6.65. The predicted molar refractivity (Wildman–Crippen MR) is 151 cm³/mol. The molecule has 1 aromatic carbocycles. The van der Waals surface area contributed by atoms with Gasteiger partial charge in [0.05, 0.1) is 39.5 Å². The molecule has 0 spiro atoms. The van der Waals surface area contributed by atoms with Gasteiger partial charge in [0, 0.05) is 12.2 Å². The molecule has 4 heterocycles. The van der Waals surface area contributed by atoms with Crippen molar-refractivity contribution in [2.45, 2.75) is 30.2 Å². The second-order valence-electron chi connectivity index (χ2n) is 9.62. The van der Waals surface area contributed by atoms with Crippen LogP contribution in [0.25, 0.3) is 11.7 Å². The molecule has 0 unspecified atom stereocenters. The van der Waals surface area contributed by atoms with E-state index in [1.54, 1.807) is 17.2 Å². The van der Waals surface area contributed by atoms with E-state index in [0.29, 0.717) is 49.5 Å². The molecule has 0 saturated carbocycles. The Kier molecular flexibility index (Phi) is 10.5. The van der Waals surface area contributed by atoms with E-state index in [-0.39, 0.29) is 49.3 Å². The second kappa shape index (κ2) is 13.1. The molecule has 2 amide bonds. The fourth-order valence-electron chi connectivity index (χ4n) is 4.70. The summed E-state index contributed by atoms with van der Waals surface area (Å²) in [5.41, 5.74) is -1.94. The van der Waals surface area contributed by atoms with Crippen LogP contribution in [-0.2, 0) is 21.9 Å². The first-order chi connectivity index (χ1) is 18.9. The molecular formula is C26H25Cl2F6N5O2S. The van der Waals surface area contributed by atoms with Gasteiger partial charge in [0.25, 0.3) is 5.91 Å². The maximum atomic E-state index is 13.1. The minimum atomic E-state index is -5.00. The van der Waals surface area contributed by atoms with Gasteiger partial charge in [-0.2, -0.15) is 26.3 Å². The summed E-state index contributed by atoms with van der Waals surface area (Å²) in [7, 11) is 0. The lowest BCUT2D eigenvalue weighted by Gasteiger charge is -2.31. The summed E-state index contributed by atoms with van der Waals surface area (Å²) >= 11 is 1.36. The largest absolute Gasteiger partial charge is 0.416 e. The lowest BCUT2D eigenvalue weighted by molar-refractivity contribution is -0.143. The van der Waals surface area contributed by atoms with E-state index in [0.717, 1.165) is 16.4 Å². The van der Waals surface area contributed by atoms with Crippen LogP contribution in [0.4, 0.5) is 32.0 Å². The van der Waals surface area contributed by atoms with Crippen molar-refractivity contribution in [2.24, 2.45) is 5.92 Å². The normalized spacial score (nSPS) is 15.8. The van der Waals surface area contributed by atoms with E-state index in [2.05, 4.69) is 15.6 Å². The van der Waals surface area contributed by atoms with E-state index < -0.39 is 35.1 Å². The number of alkyl halides is 6. The van der Waals surface area contributed by atoms with Crippen molar-refractivity contribution in [3.05, 3.63) is 64.3 Å². The van der Waals surface area contributed by atoms with Crippen LogP contribution < -0.4 is 10.6 Å². The Hall–Kier alpha value is -2.94. The molecule has 2 aliphatic rings. The number of pyridine rings is 1. The Morgan fingerprint density at radius 2 is 1.62 bits per heavy atom. The number of hydrogen-bond acceptors (Lipinski definition) is 5. The number of anilines is 1. The number of hydrogen-bond donors (Lipinski definition) is 2. The smallest absolute Gasteiger partial charge is 0.351 e. The van der Waals surface area contributed by atoms with Gasteiger partial charge in [-0.15, -0.1) is 24.8 Å². The Morgan fingerprint density at radius 1 is 0.976 bits per heavy atom. The van der Waals surface area contributed by atoms with E-state index in [1.807, 2.05) is 22.6 Å². The maximum Gasteiger partial charge on any atom is 0.416 e. The summed E-state index contributed by atoms with van der Waals surface area (Å²) in [6.07, 6.45) is -5.18. The highest BCUT2D eigenvalue weighted by atomic mass is 35.5. The molecule has 0 radical (unpaired) electrons. The molecule has 16 heteroatoms. The lowest BCUT2D eigenvalue weighted by atomic mass is 9.97. The van der Waals surface area contributed by atoms with Crippen molar-refractivity contribution in [3.63, 3.8) is 0 Å². The quantitative estimate of drug-likeness (QED) is 0.313. The van der Waals surface area contributed by atoms with Gasteiger partial charge in [0.15, 0.2) is 0 Å². The molecular weight excluding hydrogens is 631 g/mol. The van der Waals surface area contributed by atoms with Crippen LogP contribution in [-0.4, -0.2) is 52.3 Å². The van der Waals surface area contributed by atoms with Crippen LogP contribution in [0.1, 0.15) is 29.7 Å². The molecule has 2 N–H and O–H groups in total. The number of thioether (sulfide) groups is 1. The Labute approximate surface area is 252 Å². The summed E-state index contributed by atoms with van der Waals surface area (Å²) in [4.78, 5) is 31.9. The minimum Gasteiger partial charge on any atom is -0.351 e. The number of rotatable bonds is 6. The number of benzene rings is 1. The number of amides is 2. The van der Waals surface area contributed by atoms with Crippen molar-refractivity contribution in [1.29, 1.82) is 0 Å². The van der Waals surface area contributed by atoms with Crippen molar-refractivity contribution in [2.75, 3.05) is 31.5 Å². The van der Waals surface area contributed by atoms with Crippen LogP contribution in [0, 0.1) is 5.92 Å². The first-order valence-electron chi connectivity index (χ1n) is 12.3. The number of carbonyl (C=O) groups excluding carboxylic acids is 2. The molecule has 0 atom stereocenters. The van der Waals surface area contributed by atoms with Crippen LogP contribution >= 0.6 is 36.6 Å². The topological polar surface area (TPSA) is 78.7 Å². The van der Waals surface area contributed by atoms with Gasteiger partial charge in [-0.1, -0.05) is 17.8 Å². The third kappa shape index (κ3) is 7.71. The zero-order valence-electron chi connectivity index (χ0n) is 21.6. The van der Waals surface area contributed by atoms with E-state index in [1.165, 1.54) is 11.8 Å². The molecule has 5 rings (SSSR count). The molecule has 1 fully saturated rings. The molecule has 0 bridgehead atoms. The molecule has 7 nitrogen and oxygen atoms in total. The zero-order chi connectivity index (χ0) is 28.7. The maximum absolute atomic E-state index is 13.1. The standard InChI is InChI=1S/C26H23F6N5O2S.2ClH/c27-25(28,29)16-8-17(26(30,31)32)10-18(9-16)35-22(38)14-36-6-4-15(5-7-36)12-34-24(39)20-11-19-13-33-21-2-1-3-23(40-20)37(19)21;;/h1-3,8-11,13,15H,4-7,12,14H2,(H,34,39)(H,35,38);2*1H. The monoisotopic (exact) mass is 655 g/mol. The van der Waals surface area contributed by atoms with Gasteiger partial charge >= 0.3 is 12.4 Å². The first kappa shape index (κ1) is 33.6. The fourth-order valence-corrected chi connectivity index (χ4v) is 5.71. The van der Waals surface area contributed by atoms with Gasteiger partial charge in [-0.3, -0.25) is 18.9 Å². The van der Waals surface area contributed by atoms with Crippen molar-refractivity contribution in [1.82, 2.24) is 19.6 Å². The number of imidazole rings is 1. The highest BCUT2D eigenvalue weighted by molar-refractivity contribution is 8.04. The third-order valence-corrected chi connectivity index (χ3v) is 7.79. The van der Waals surface area contributed by atoms with Crippen LogP contribution in [0.5, 0.6) is 0 Å². The number of aromatic nitrogens is 2. The molecule has 0 aliphatic carbocycles. The highest BCUT2D eigenvalue weighted by Crippen LogP contribution is 2.38. The Bertz CT molecular complexity index is 1450. The van der Waals surface area contributed by atoms with Crippen LogP contribution in [0.2, 0.25) is 0 Å². The lowest BCUT2D eigenvalue weighted by Crippen LogP contribution is -2.42. The molecule has 228 valence electrons. The average molecular weight is 656 g/mol. The van der Waals surface area contributed by atoms with Gasteiger partial charge in [0.2, 0.25) is 5.91 Å². The number of carbonyl (C=O) groups is 2. The number of nitrogens with one attached hydrogen (secondary N) is 2. The average Bonchev–Trinajstić information content (AvgIpc) is 3.31. The zero-order valence-corrected chi connectivity index (χ0v) is 24.0. The van der Waals surface area contributed by atoms with Gasteiger partial charge < -0.3 is 10.6 Å². The van der Waals surface area contributed by atoms with Crippen molar-refractivity contribution >= 4 is 65.8 Å². The highest BCUT2D eigenvalue weighted by Gasteiger charge is 2.37. The molecule has 2 aromatic heterocycles. The summed E-state index contributed by atoms with van der Waals surface area (Å²) in [5.74, 6) is -0.755. The SMILES string of the molecule is Cl.Cl.O=C(CN1CCC(CNC(=O)C2=Cc3cnc4cccc(n34)S2)CC1)Nc1cc(C(F)(F)F)cc(C(F)(F)F)c1. The van der Waals surface area contributed by atoms with Crippen LogP contribution in [0.15, 0.2) is 52.5 Å². The summed E-state index contributed by atoms with van der Waals surface area (Å²) in [6.45, 7) is 1.23. The van der Waals surface area contributed by atoms with E-state index in [9.17, 15) is 35.9 Å². The first-order valence-corrected chi connectivity index (χ1v) is 13.1. The van der Waals surface area contributed by atoms with E-state index >= 15 is 0 Å². The summed E-state index contributed by atoms with van der Waals surface area (Å²) in [5, 5.41) is 6.02. The number of piperidine rings is 1. The Morgan fingerprint density at radius 3 is 2.24 bits per heavy atom. The fraction of sp³-hybridized carbons (Fsp3) is 0.346. The molecule has 42 heavy (non-hydrogen) atoms. The number of halogens is 8. The van der Waals surface area contributed by atoms with Crippen molar-refractivity contribution in [3.8, 4) is 0 Å². The third-order valence-electron chi connectivity index (χ3n) is 6.74. The predicted octanol–water partition coefficient (Wildman–Crippen LogP) is 6.13. The number of nitrogens with zero attached hydrogens (tertiary/aromatic N) is 3. The van der Waals surface area contributed by atoms with E-state index in [4.69, 9.17) is 0 Å². The Balaban J connectivity index is 0.00000242. The second-order valence-corrected chi connectivity index (χ2v) is 10.7. The molecule has 2 aliphatic heterocycles.